The van der Waals surface area contributed by atoms with Crippen LogP contribution in [0.25, 0.3) is 0 Å². The number of hydrogen-bond acceptors (Lipinski definition) is 7. The van der Waals surface area contributed by atoms with Gasteiger partial charge in [0.25, 0.3) is 10.0 Å². The monoisotopic (exact) mass is 394 g/mol. The van der Waals surface area contributed by atoms with Crippen LogP contribution in [0.2, 0.25) is 0 Å². The van der Waals surface area contributed by atoms with Gasteiger partial charge in [0.1, 0.15) is 8.42 Å². The van der Waals surface area contributed by atoms with E-state index in [1.54, 1.807) is 0 Å². The highest BCUT2D eigenvalue weighted by atomic mass is 32.3. The van der Waals surface area contributed by atoms with Gasteiger partial charge in [0, 0.05) is 46.4 Å². The zero-order chi connectivity index (χ0) is 26.9. The van der Waals surface area contributed by atoms with E-state index in [-0.39, 0.29) is 11.3 Å². The number of primary sulfonamides is 1. The molecule has 0 radical (unpaired) electrons. The zero-order valence-electron chi connectivity index (χ0n) is 22.7. The Morgan fingerprint density at radius 3 is 3.13 bits per heavy atom. The number of fused-ring (bicyclic) bond motifs is 1. The summed E-state index contributed by atoms with van der Waals surface area (Å²) in [5, 5.41) is 6.92. The standard InChI is InChI=1S/C12H21N3O5S3/c1-3-14-10-8-15(5-4-6-20-2)23(18,19)12-9(10)7-11(21-12)22(13,16)17/h7,10,14H,3-6,8H2,1-2H3,(H2,13,16,17)/t10-/m0/s1/i2D3,3D2,5D2,7D,8D2,10D. The summed E-state index contributed by atoms with van der Waals surface area (Å²) in [6.45, 7) is -9.61. The zero-order valence-corrected chi connectivity index (χ0v) is 14.2. The first-order valence-electron chi connectivity index (χ1n) is 11.4. The van der Waals surface area contributed by atoms with Crippen molar-refractivity contribution in [2.75, 3.05) is 33.1 Å². The molecule has 8 nitrogen and oxygen atoms in total. The second kappa shape index (κ2) is 7.13. The fourth-order valence-corrected chi connectivity index (χ4v) is 5.27. The Hall–Kier alpha value is -0.560. The Balaban J connectivity index is 2.87. The van der Waals surface area contributed by atoms with Gasteiger partial charge in [-0.2, -0.15) is 4.31 Å². The molecule has 1 atom stereocenters. The van der Waals surface area contributed by atoms with Crippen molar-refractivity contribution < 1.29 is 36.7 Å². The minimum absolute atomic E-state index is 0.114. The summed E-state index contributed by atoms with van der Waals surface area (Å²) in [5.41, 5.74) is -1.07. The van der Waals surface area contributed by atoms with Crippen LogP contribution in [0, 0.1) is 0 Å². The molecular weight excluding hydrogens is 362 g/mol. The molecule has 0 aromatic carbocycles. The van der Waals surface area contributed by atoms with Gasteiger partial charge < -0.3 is 10.1 Å². The number of nitrogens with zero attached hydrogens (tertiary/aromatic N) is 1. The highest BCUT2D eigenvalue weighted by Crippen LogP contribution is 2.39. The first-order chi connectivity index (χ1) is 14.8. The third-order valence-electron chi connectivity index (χ3n) is 2.52. The summed E-state index contributed by atoms with van der Waals surface area (Å²) in [4.78, 5) is 0. The van der Waals surface area contributed by atoms with Gasteiger partial charge in [-0.25, -0.2) is 22.0 Å². The highest BCUT2D eigenvalue weighted by molar-refractivity contribution is 7.94. The van der Waals surface area contributed by atoms with Crippen molar-refractivity contribution in [3.63, 3.8) is 0 Å². The van der Waals surface area contributed by atoms with Crippen LogP contribution in [-0.4, -0.2) is 54.3 Å². The molecule has 23 heavy (non-hydrogen) atoms. The summed E-state index contributed by atoms with van der Waals surface area (Å²) in [5.74, 6) is 0. The van der Waals surface area contributed by atoms with E-state index < -0.39 is 90.0 Å². The number of nitrogens with two attached hydrogens (primary N) is 1. The Kier molecular flexibility index (Phi) is 2.70. The summed E-state index contributed by atoms with van der Waals surface area (Å²) in [6, 6.07) is -4.41. The number of sulfonamides is 2. The van der Waals surface area contributed by atoms with Crippen molar-refractivity contribution in [2.24, 2.45) is 5.14 Å². The smallest absolute Gasteiger partial charge is 0.252 e. The third-order valence-corrected chi connectivity index (χ3v) is 7.02. The van der Waals surface area contributed by atoms with E-state index in [9.17, 15) is 16.8 Å². The fourth-order valence-electron chi connectivity index (χ4n) is 1.63. The molecule has 2 heterocycles. The van der Waals surface area contributed by atoms with E-state index in [0.717, 1.165) is 6.92 Å². The number of nitrogens with one attached hydrogen (secondary N) is 1. The van der Waals surface area contributed by atoms with Crippen LogP contribution in [-0.2, 0) is 24.8 Å². The maximum atomic E-state index is 13.4. The molecule has 0 bridgehead atoms. The van der Waals surface area contributed by atoms with Gasteiger partial charge in [0.05, 0.1) is 6.85 Å². The average molecular weight is 395 g/mol. The van der Waals surface area contributed by atoms with Gasteiger partial charge in [-0.3, -0.25) is 0 Å². The van der Waals surface area contributed by atoms with Gasteiger partial charge >= 0.3 is 0 Å². The van der Waals surface area contributed by atoms with Crippen LogP contribution in [0.5, 0.6) is 0 Å². The van der Waals surface area contributed by atoms with Gasteiger partial charge in [-0.15, -0.1) is 11.3 Å². The van der Waals surface area contributed by atoms with E-state index in [1.807, 2.05) is 5.32 Å². The predicted octanol–water partition coefficient (Wildman–Crippen LogP) is 0.0869. The molecule has 0 saturated carbocycles. The number of ether oxygens (including phenoxy) is 1. The van der Waals surface area contributed by atoms with Crippen molar-refractivity contribution in [1.82, 2.24) is 9.62 Å². The first kappa shape index (κ1) is 8.70. The minimum atomic E-state index is -5.32. The summed E-state index contributed by atoms with van der Waals surface area (Å²) in [6.07, 6.45) is -1.03. The molecule has 11 heteroatoms. The summed E-state index contributed by atoms with van der Waals surface area (Å²) in [7, 11) is -13.0. The molecule has 1 aliphatic heterocycles. The number of likely N-dealkylation sites (N-methyl/N-ethyl adjacent to an activating group) is 1. The topological polar surface area (TPSA) is 119 Å². The first-order valence-corrected chi connectivity index (χ1v) is 9.75. The highest BCUT2D eigenvalue weighted by Gasteiger charge is 2.39. The van der Waals surface area contributed by atoms with Gasteiger partial charge in [0.15, 0.2) is 0 Å². The SMILES string of the molecule is [2H]c1c(S(N)(=O)=O)sc2c1[C@@]([2H])(NC([2H])([2H])C)C([2H])([2H])N(C([2H])([2H])CCOC([2H])([2H])[2H])S2(=O)=O. The predicted molar refractivity (Wildman–Crippen MR) is 87.4 cm³/mol. The molecule has 0 aliphatic carbocycles. The molecule has 1 aromatic rings. The Morgan fingerprint density at radius 1 is 1.78 bits per heavy atom. The van der Waals surface area contributed by atoms with Gasteiger partial charge in [-0.1, -0.05) is 6.92 Å². The molecule has 0 saturated heterocycles. The molecule has 1 aromatic heterocycles. The third kappa shape index (κ3) is 3.92. The van der Waals surface area contributed by atoms with Gasteiger partial charge in [-0.05, 0) is 19.0 Å². The van der Waals surface area contributed by atoms with Gasteiger partial charge in [0.2, 0.25) is 10.0 Å². The van der Waals surface area contributed by atoms with E-state index in [0.29, 0.717) is 0 Å². The average Bonchev–Trinajstić information content (AvgIpc) is 2.88. The van der Waals surface area contributed by atoms with E-state index in [4.69, 9.17) is 20.2 Å². The minimum Gasteiger partial charge on any atom is -0.385 e. The fraction of sp³-hybridized carbons (Fsp3) is 0.667. The Labute approximate surface area is 156 Å². The molecule has 0 amide bonds. The van der Waals surface area contributed by atoms with Crippen LogP contribution in [0.4, 0.5) is 0 Å². The lowest BCUT2D eigenvalue weighted by Gasteiger charge is -2.32. The maximum absolute atomic E-state index is 13.4. The van der Waals surface area contributed by atoms with Crippen molar-refractivity contribution in [3.8, 4) is 0 Å². The largest absolute Gasteiger partial charge is 0.385 e. The maximum Gasteiger partial charge on any atom is 0.252 e. The van der Waals surface area contributed by atoms with Crippen molar-refractivity contribution >= 4 is 31.4 Å². The molecule has 132 valence electrons. The lowest BCUT2D eigenvalue weighted by Crippen LogP contribution is -2.43. The van der Waals surface area contributed by atoms with Crippen LogP contribution in [0.3, 0.4) is 0 Å². The van der Waals surface area contributed by atoms with E-state index in [2.05, 4.69) is 4.74 Å². The normalized spacial score (nSPS) is 35.5. The lowest BCUT2D eigenvalue weighted by molar-refractivity contribution is 0.185. The number of rotatable bonds is 7. The van der Waals surface area contributed by atoms with Crippen LogP contribution in [0.1, 0.15) is 40.0 Å². The molecule has 0 fully saturated rings. The van der Waals surface area contributed by atoms with Crippen LogP contribution >= 0.6 is 11.3 Å². The molecular formula is C12H21N3O5S3. The number of methoxy groups -OCH3 is 1. The number of thiophene rings is 1. The van der Waals surface area contributed by atoms with E-state index in [1.165, 1.54) is 0 Å². The Bertz CT molecular complexity index is 1180. The lowest BCUT2D eigenvalue weighted by atomic mass is 10.1. The molecule has 3 N–H and O–H groups in total. The molecule has 0 spiro atoms. The molecule has 1 aliphatic rings. The van der Waals surface area contributed by atoms with Crippen molar-refractivity contribution in [2.45, 2.75) is 27.8 Å². The van der Waals surface area contributed by atoms with Crippen LogP contribution < -0.4 is 10.5 Å². The summed E-state index contributed by atoms with van der Waals surface area (Å²) >= 11 is -0.114. The van der Waals surface area contributed by atoms with Crippen LogP contribution in [0.15, 0.2) is 14.5 Å². The second-order valence-electron chi connectivity index (χ2n) is 4.11. The molecule has 2 rings (SSSR count). The van der Waals surface area contributed by atoms with Crippen molar-refractivity contribution in [1.29, 1.82) is 0 Å². The number of hydrogen-bond donors (Lipinski definition) is 2. The Morgan fingerprint density at radius 2 is 2.52 bits per heavy atom. The van der Waals surface area contributed by atoms with Crippen molar-refractivity contribution in [3.05, 3.63) is 11.6 Å². The quantitative estimate of drug-likeness (QED) is 0.676. The second-order valence-corrected chi connectivity index (χ2v) is 8.87. The molecule has 0 unspecified atom stereocenters. The van der Waals surface area contributed by atoms with E-state index >= 15 is 0 Å². The summed E-state index contributed by atoms with van der Waals surface area (Å²) < 4.78 is 139.